The van der Waals surface area contributed by atoms with Crippen molar-refractivity contribution in [1.29, 1.82) is 0 Å². The van der Waals surface area contributed by atoms with Crippen molar-refractivity contribution >= 4 is 19.0 Å². The summed E-state index contributed by atoms with van der Waals surface area (Å²) in [5.41, 5.74) is 3.16. The molecular weight excluding hydrogens is 256 g/mol. The molecule has 1 aliphatic rings. The Kier molecular flexibility index (Phi) is 6.58. The fourth-order valence-electron chi connectivity index (χ4n) is 3.80. The summed E-state index contributed by atoms with van der Waals surface area (Å²) in [6, 6.07) is 0. The Hall–Kier alpha value is 0.354. The predicted octanol–water partition coefficient (Wildman–Crippen LogP) is 2.73. The second-order valence-corrected chi connectivity index (χ2v) is 12.9. The lowest BCUT2D eigenvalue weighted by molar-refractivity contribution is -0.222. The minimum atomic E-state index is -0.217. The van der Waals surface area contributed by atoms with Crippen LogP contribution in [-0.4, -0.2) is 39.0 Å². The van der Waals surface area contributed by atoms with Crippen LogP contribution in [0.2, 0.25) is 22.2 Å². The highest BCUT2D eigenvalue weighted by atomic mass is 28.2. The van der Waals surface area contributed by atoms with Crippen LogP contribution in [-0.2, 0) is 9.47 Å². The number of hydrogen-bond acceptors (Lipinski definition) is 2. The van der Waals surface area contributed by atoms with E-state index in [1.165, 1.54) is 19.3 Å². The van der Waals surface area contributed by atoms with Gasteiger partial charge in [-0.1, -0.05) is 45.2 Å². The standard InChI is InChI=1S/C14H32O2Si2/c1-10(2)17-12-8-7-9-13(18-11(3)4)14(12,15-5)16-6/h10-13H,7-9,17-18H2,1-6H3. The van der Waals surface area contributed by atoms with Crippen molar-refractivity contribution in [2.75, 3.05) is 14.2 Å². The van der Waals surface area contributed by atoms with Gasteiger partial charge in [-0.05, 0) is 12.8 Å². The molecule has 0 radical (unpaired) electrons. The first-order valence-corrected chi connectivity index (χ1v) is 10.8. The van der Waals surface area contributed by atoms with Gasteiger partial charge in [-0.25, -0.2) is 0 Å². The molecule has 0 aromatic carbocycles. The van der Waals surface area contributed by atoms with E-state index >= 15 is 0 Å². The maximum absolute atomic E-state index is 6.00. The molecule has 0 spiro atoms. The Labute approximate surface area is 118 Å². The fraction of sp³-hybridized carbons (Fsp3) is 1.00. The first-order chi connectivity index (χ1) is 8.46. The largest absolute Gasteiger partial charge is 0.353 e. The number of hydrogen-bond donors (Lipinski definition) is 0. The minimum absolute atomic E-state index is 0.119. The van der Waals surface area contributed by atoms with E-state index in [0.717, 1.165) is 22.2 Å². The summed E-state index contributed by atoms with van der Waals surface area (Å²) < 4.78 is 12.0. The molecule has 108 valence electrons. The van der Waals surface area contributed by atoms with Gasteiger partial charge in [-0.15, -0.1) is 0 Å². The summed E-state index contributed by atoms with van der Waals surface area (Å²) in [5, 5.41) is 0. The summed E-state index contributed by atoms with van der Waals surface area (Å²) in [4.78, 5) is 0. The summed E-state index contributed by atoms with van der Waals surface area (Å²) in [7, 11) is 3.51. The van der Waals surface area contributed by atoms with Gasteiger partial charge in [0.25, 0.3) is 0 Å². The van der Waals surface area contributed by atoms with E-state index in [9.17, 15) is 0 Å². The van der Waals surface area contributed by atoms with E-state index in [0.29, 0.717) is 0 Å². The van der Waals surface area contributed by atoms with E-state index < -0.39 is 0 Å². The molecule has 0 heterocycles. The third kappa shape index (κ3) is 3.68. The molecule has 0 N–H and O–H groups in total. The topological polar surface area (TPSA) is 18.5 Å². The van der Waals surface area contributed by atoms with Crippen LogP contribution in [0.4, 0.5) is 0 Å². The summed E-state index contributed by atoms with van der Waals surface area (Å²) in [6.07, 6.45) is 4.05. The molecule has 0 saturated heterocycles. The highest BCUT2D eigenvalue weighted by molar-refractivity contribution is 6.42. The van der Waals surface area contributed by atoms with Crippen LogP contribution < -0.4 is 0 Å². The molecule has 0 bridgehead atoms. The zero-order chi connectivity index (χ0) is 13.8. The monoisotopic (exact) mass is 288 g/mol. The zero-order valence-corrected chi connectivity index (χ0v) is 16.0. The molecule has 0 aromatic heterocycles. The predicted molar refractivity (Wildman–Crippen MR) is 85.4 cm³/mol. The van der Waals surface area contributed by atoms with Crippen molar-refractivity contribution < 1.29 is 9.47 Å². The van der Waals surface area contributed by atoms with Crippen LogP contribution in [0.15, 0.2) is 0 Å². The van der Waals surface area contributed by atoms with Crippen LogP contribution >= 0.6 is 0 Å². The number of ether oxygens (including phenoxy) is 2. The van der Waals surface area contributed by atoms with Gasteiger partial charge in [-0.3, -0.25) is 0 Å². The molecule has 1 rings (SSSR count). The quantitative estimate of drug-likeness (QED) is 0.553. The SMILES string of the molecule is COC1(OC)C([SiH2]C(C)C)CCCC1[SiH2]C(C)C. The third-order valence-electron chi connectivity index (χ3n) is 4.39. The van der Waals surface area contributed by atoms with E-state index in [1.807, 2.05) is 14.2 Å². The van der Waals surface area contributed by atoms with Crippen molar-refractivity contribution in [3.05, 3.63) is 0 Å². The third-order valence-corrected chi connectivity index (χ3v) is 9.37. The highest BCUT2D eigenvalue weighted by Crippen LogP contribution is 2.49. The van der Waals surface area contributed by atoms with Crippen molar-refractivity contribution in [2.45, 2.75) is 74.9 Å². The Morgan fingerprint density at radius 3 is 1.56 bits per heavy atom. The second-order valence-electron chi connectivity index (χ2n) is 6.71. The lowest BCUT2D eigenvalue weighted by Crippen LogP contribution is -2.49. The van der Waals surface area contributed by atoms with Crippen LogP contribution in [0.3, 0.4) is 0 Å². The van der Waals surface area contributed by atoms with Gasteiger partial charge in [0.15, 0.2) is 5.79 Å². The van der Waals surface area contributed by atoms with Crippen molar-refractivity contribution in [3.63, 3.8) is 0 Å². The van der Waals surface area contributed by atoms with Gasteiger partial charge in [0, 0.05) is 44.3 Å². The van der Waals surface area contributed by atoms with Crippen molar-refractivity contribution in [1.82, 2.24) is 0 Å². The average Bonchev–Trinajstić information content (AvgIpc) is 2.29. The lowest BCUT2D eigenvalue weighted by Gasteiger charge is -2.48. The molecule has 0 amide bonds. The van der Waals surface area contributed by atoms with Crippen LogP contribution in [0.1, 0.15) is 47.0 Å². The Bertz CT molecular complexity index is 220. The molecule has 4 heteroatoms. The highest BCUT2D eigenvalue weighted by Gasteiger charge is 2.48. The molecule has 1 fully saturated rings. The van der Waals surface area contributed by atoms with Gasteiger partial charge in [0.05, 0.1) is 0 Å². The van der Waals surface area contributed by atoms with Gasteiger partial charge in [0.1, 0.15) is 0 Å². The number of methoxy groups -OCH3 is 2. The number of rotatable bonds is 6. The van der Waals surface area contributed by atoms with E-state index in [1.54, 1.807) is 0 Å². The fourth-order valence-corrected chi connectivity index (χ4v) is 9.45. The smallest absolute Gasteiger partial charge is 0.167 e. The second kappa shape index (κ2) is 7.22. The summed E-state index contributed by atoms with van der Waals surface area (Å²) in [6.45, 7) is 9.47. The molecule has 2 atom stereocenters. The van der Waals surface area contributed by atoms with Crippen LogP contribution in [0, 0.1) is 0 Å². The van der Waals surface area contributed by atoms with Crippen LogP contribution in [0.5, 0.6) is 0 Å². The Balaban J connectivity index is 2.89. The molecule has 0 aromatic rings. The van der Waals surface area contributed by atoms with Gasteiger partial charge in [-0.2, -0.15) is 0 Å². The maximum Gasteiger partial charge on any atom is 0.167 e. The minimum Gasteiger partial charge on any atom is -0.353 e. The first kappa shape index (κ1) is 16.4. The van der Waals surface area contributed by atoms with Crippen molar-refractivity contribution in [2.24, 2.45) is 0 Å². The van der Waals surface area contributed by atoms with Gasteiger partial charge in [0.2, 0.25) is 0 Å². The summed E-state index contributed by atoms with van der Waals surface area (Å²) >= 11 is 0. The zero-order valence-electron chi connectivity index (χ0n) is 13.2. The Morgan fingerprint density at radius 1 is 0.889 bits per heavy atom. The normalized spacial score (nSPS) is 29.3. The van der Waals surface area contributed by atoms with E-state index in [4.69, 9.17) is 9.47 Å². The molecule has 0 aliphatic heterocycles. The Morgan fingerprint density at radius 2 is 1.28 bits per heavy atom. The van der Waals surface area contributed by atoms with Gasteiger partial charge >= 0.3 is 0 Å². The van der Waals surface area contributed by atoms with Crippen LogP contribution in [0.25, 0.3) is 0 Å². The lowest BCUT2D eigenvalue weighted by atomic mass is 9.92. The summed E-state index contributed by atoms with van der Waals surface area (Å²) in [5.74, 6) is -0.217. The first-order valence-electron chi connectivity index (χ1n) is 7.56. The molecule has 1 saturated carbocycles. The molecule has 2 nitrogen and oxygen atoms in total. The van der Waals surface area contributed by atoms with E-state index in [-0.39, 0.29) is 24.8 Å². The average molecular weight is 289 g/mol. The molecule has 18 heavy (non-hydrogen) atoms. The molecule has 2 unspecified atom stereocenters. The maximum atomic E-state index is 6.00. The van der Waals surface area contributed by atoms with Crippen molar-refractivity contribution in [3.8, 4) is 0 Å². The van der Waals surface area contributed by atoms with E-state index in [2.05, 4.69) is 27.7 Å². The molecule has 1 aliphatic carbocycles. The molecular formula is C14H32O2Si2. The van der Waals surface area contributed by atoms with Gasteiger partial charge < -0.3 is 9.47 Å².